The first-order valence-corrected chi connectivity index (χ1v) is 5.97. The van der Waals surface area contributed by atoms with E-state index in [0.717, 1.165) is 16.2 Å². The largest absolute Gasteiger partial charge is 0.420 e. The number of rotatable bonds is 3. The Morgan fingerprint density at radius 3 is 2.50 bits per heavy atom. The van der Waals surface area contributed by atoms with E-state index in [1.165, 1.54) is 17.6 Å². The van der Waals surface area contributed by atoms with Gasteiger partial charge in [0, 0.05) is 4.90 Å². The fraction of sp³-hybridized carbons (Fsp3) is 0.143. The van der Waals surface area contributed by atoms with Crippen LogP contribution in [0.5, 0.6) is 5.75 Å². The van der Waals surface area contributed by atoms with Crippen molar-refractivity contribution in [2.45, 2.75) is 18.7 Å². The van der Waals surface area contributed by atoms with Crippen molar-refractivity contribution in [2.75, 3.05) is 0 Å². The molecule has 0 fully saturated rings. The minimum absolute atomic E-state index is 0.925. The molecule has 0 heterocycles. The Balaban J connectivity index is 2.05. The summed E-state index contributed by atoms with van der Waals surface area (Å²) in [6.45, 7) is 4.13. The molecule has 2 heteroatoms. The summed E-state index contributed by atoms with van der Waals surface area (Å²) in [4.78, 5) is 1.13. The van der Waals surface area contributed by atoms with E-state index < -0.39 is 0 Å². The van der Waals surface area contributed by atoms with E-state index in [9.17, 15) is 0 Å². The molecule has 1 nitrogen and oxygen atoms in total. The van der Waals surface area contributed by atoms with E-state index >= 15 is 0 Å². The van der Waals surface area contributed by atoms with E-state index in [-0.39, 0.29) is 0 Å². The number of aryl methyl sites for hydroxylation is 2. The molecule has 16 heavy (non-hydrogen) atoms. The van der Waals surface area contributed by atoms with Gasteiger partial charge in [0.2, 0.25) is 0 Å². The van der Waals surface area contributed by atoms with Gasteiger partial charge in [0.1, 0.15) is 5.75 Å². The number of hydrogen-bond donors (Lipinski definition) is 0. The third-order valence-electron chi connectivity index (χ3n) is 2.31. The molecule has 0 saturated carbocycles. The molecule has 2 aromatic carbocycles. The Hall–Kier alpha value is -1.41. The van der Waals surface area contributed by atoms with Gasteiger partial charge in [-0.25, -0.2) is 0 Å². The van der Waals surface area contributed by atoms with Gasteiger partial charge in [0.25, 0.3) is 0 Å². The van der Waals surface area contributed by atoms with Crippen LogP contribution in [0.25, 0.3) is 0 Å². The molecular formula is C14H14OS. The highest BCUT2D eigenvalue weighted by atomic mass is 32.2. The quantitative estimate of drug-likeness (QED) is 0.723. The van der Waals surface area contributed by atoms with Crippen LogP contribution in [0.2, 0.25) is 0 Å². The lowest BCUT2D eigenvalue weighted by Crippen LogP contribution is -1.85. The molecule has 0 atom stereocenters. The molecule has 0 aliphatic rings. The second kappa shape index (κ2) is 5.08. The van der Waals surface area contributed by atoms with E-state index in [1.54, 1.807) is 0 Å². The first kappa shape index (κ1) is 11.1. The van der Waals surface area contributed by atoms with Crippen LogP contribution in [0.15, 0.2) is 53.4 Å². The summed E-state index contributed by atoms with van der Waals surface area (Å²) >= 11 is 1.40. The van der Waals surface area contributed by atoms with E-state index in [1.807, 2.05) is 37.3 Å². The topological polar surface area (TPSA) is 9.23 Å². The predicted octanol–water partition coefficient (Wildman–Crippen LogP) is 4.39. The van der Waals surface area contributed by atoms with Gasteiger partial charge >= 0.3 is 0 Å². The lowest BCUT2D eigenvalue weighted by Gasteiger charge is -2.06. The fourth-order valence-electron chi connectivity index (χ4n) is 1.41. The van der Waals surface area contributed by atoms with E-state index in [2.05, 4.69) is 25.1 Å². The molecule has 0 unspecified atom stereocenters. The maximum absolute atomic E-state index is 5.69. The average molecular weight is 230 g/mol. The van der Waals surface area contributed by atoms with Crippen LogP contribution in [0.1, 0.15) is 11.1 Å². The van der Waals surface area contributed by atoms with Crippen LogP contribution in [0.3, 0.4) is 0 Å². The molecule has 82 valence electrons. The highest BCUT2D eigenvalue weighted by molar-refractivity contribution is 7.95. The Labute approximate surface area is 101 Å². The SMILES string of the molecule is Cc1cccc(SOc2ccccc2C)c1. The van der Waals surface area contributed by atoms with Crippen molar-refractivity contribution in [3.05, 3.63) is 59.7 Å². The Kier molecular flexibility index (Phi) is 3.52. The molecule has 0 aliphatic carbocycles. The summed E-state index contributed by atoms with van der Waals surface area (Å²) < 4.78 is 5.69. The second-order valence-electron chi connectivity index (χ2n) is 3.75. The summed E-state index contributed by atoms with van der Waals surface area (Å²) in [6, 6.07) is 16.3. The first-order valence-electron chi connectivity index (χ1n) is 5.22. The second-order valence-corrected chi connectivity index (χ2v) is 4.55. The molecule has 0 saturated heterocycles. The van der Waals surface area contributed by atoms with Crippen molar-refractivity contribution in [1.82, 2.24) is 0 Å². The van der Waals surface area contributed by atoms with E-state index in [0.29, 0.717) is 0 Å². The lowest BCUT2D eigenvalue weighted by molar-refractivity contribution is 0.640. The zero-order chi connectivity index (χ0) is 11.4. The smallest absolute Gasteiger partial charge is 0.140 e. The molecule has 0 bridgehead atoms. The van der Waals surface area contributed by atoms with Crippen molar-refractivity contribution >= 4 is 12.0 Å². The molecule has 2 rings (SSSR count). The van der Waals surface area contributed by atoms with Crippen LogP contribution in [0.4, 0.5) is 0 Å². The van der Waals surface area contributed by atoms with Gasteiger partial charge in [0.15, 0.2) is 0 Å². The molecule has 0 aromatic heterocycles. The van der Waals surface area contributed by atoms with Crippen molar-refractivity contribution < 1.29 is 4.18 Å². The summed E-state index contributed by atoms with van der Waals surface area (Å²) in [5.41, 5.74) is 2.40. The van der Waals surface area contributed by atoms with E-state index in [4.69, 9.17) is 4.18 Å². The standard InChI is InChI=1S/C14H14OS/c1-11-6-5-8-13(10-11)16-15-14-9-4-3-7-12(14)2/h3-10H,1-2H3. The summed E-state index contributed by atoms with van der Waals surface area (Å²) in [6.07, 6.45) is 0. The zero-order valence-electron chi connectivity index (χ0n) is 9.44. The fourth-order valence-corrected chi connectivity index (χ4v) is 2.15. The van der Waals surface area contributed by atoms with Crippen molar-refractivity contribution in [3.8, 4) is 5.75 Å². The van der Waals surface area contributed by atoms with Gasteiger partial charge in [-0.2, -0.15) is 0 Å². The first-order chi connectivity index (χ1) is 7.75. The predicted molar refractivity (Wildman–Crippen MR) is 68.8 cm³/mol. The highest BCUT2D eigenvalue weighted by Crippen LogP contribution is 2.26. The normalized spacial score (nSPS) is 10.1. The molecule has 0 N–H and O–H groups in total. The summed E-state index contributed by atoms with van der Waals surface area (Å²) in [7, 11) is 0. The van der Waals surface area contributed by atoms with Crippen LogP contribution in [0, 0.1) is 13.8 Å². The van der Waals surface area contributed by atoms with Crippen molar-refractivity contribution in [2.24, 2.45) is 0 Å². The minimum atomic E-state index is 0.925. The maximum Gasteiger partial charge on any atom is 0.140 e. The lowest BCUT2D eigenvalue weighted by atomic mass is 10.2. The highest BCUT2D eigenvalue weighted by Gasteiger charge is 2.00. The average Bonchev–Trinajstić information content (AvgIpc) is 2.28. The van der Waals surface area contributed by atoms with Crippen LogP contribution >= 0.6 is 12.0 Å². The minimum Gasteiger partial charge on any atom is -0.420 e. The van der Waals surface area contributed by atoms with Crippen LogP contribution < -0.4 is 4.18 Å². The van der Waals surface area contributed by atoms with Gasteiger partial charge in [-0.05, 0) is 43.2 Å². The van der Waals surface area contributed by atoms with Crippen LogP contribution in [-0.2, 0) is 0 Å². The van der Waals surface area contributed by atoms with Crippen LogP contribution in [-0.4, -0.2) is 0 Å². The molecular weight excluding hydrogens is 216 g/mol. The van der Waals surface area contributed by atoms with Crippen molar-refractivity contribution in [3.63, 3.8) is 0 Å². The Morgan fingerprint density at radius 2 is 1.75 bits per heavy atom. The van der Waals surface area contributed by atoms with Gasteiger partial charge in [-0.1, -0.05) is 30.3 Å². The number of benzene rings is 2. The summed E-state index contributed by atoms with van der Waals surface area (Å²) in [5.74, 6) is 0.925. The number of hydrogen-bond acceptors (Lipinski definition) is 2. The Bertz CT molecular complexity index is 480. The molecule has 0 aliphatic heterocycles. The zero-order valence-corrected chi connectivity index (χ0v) is 10.3. The van der Waals surface area contributed by atoms with Gasteiger partial charge in [0.05, 0.1) is 12.0 Å². The van der Waals surface area contributed by atoms with Gasteiger partial charge < -0.3 is 4.18 Å². The maximum atomic E-state index is 5.69. The third-order valence-corrected chi connectivity index (χ3v) is 3.02. The number of para-hydroxylation sites is 1. The van der Waals surface area contributed by atoms with Crippen molar-refractivity contribution in [1.29, 1.82) is 0 Å². The molecule has 2 aromatic rings. The molecule has 0 spiro atoms. The molecule has 0 amide bonds. The summed E-state index contributed by atoms with van der Waals surface area (Å²) in [5, 5.41) is 0. The third kappa shape index (κ3) is 2.80. The van der Waals surface area contributed by atoms with Gasteiger partial charge in [-0.15, -0.1) is 0 Å². The molecule has 0 radical (unpaired) electrons. The Morgan fingerprint density at radius 1 is 0.938 bits per heavy atom. The van der Waals surface area contributed by atoms with Gasteiger partial charge in [-0.3, -0.25) is 0 Å². The monoisotopic (exact) mass is 230 g/mol.